The lowest BCUT2D eigenvalue weighted by molar-refractivity contribution is -0.242. The molecule has 0 saturated carbocycles. The number of hydrogen-bond acceptors (Lipinski definition) is 25. The van der Waals surface area contributed by atoms with Gasteiger partial charge in [-0.05, 0) is 147 Å². The number of rotatable bonds is 19. The second-order valence-electron chi connectivity index (χ2n) is 29.3. The van der Waals surface area contributed by atoms with E-state index in [4.69, 9.17) is 51.6 Å². The fourth-order valence-electron chi connectivity index (χ4n) is 14.5. The number of aliphatic hydroxyl groups excluding tert-OH is 3. The van der Waals surface area contributed by atoms with E-state index in [2.05, 4.69) is 54.8 Å². The van der Waals surface area contributed by atoms with Gasteiger partial charge in [-0.3, -0.25) is 38.4 Å². The van der Waals surface area contributed by atoms with E-state index in [0.29, 0.717) is 31.4 Å². The van der Waals surface area contributed by atoms with Crippen LogP contribution in [0.5, 0.6) is 69.0 Å². The van der Waals surface area contributed by atoms with Gasteiger partial charge in [0, 0.05) is 48.2 Å². The molecule has 620 valence electrons. The number of phenols is 5. The fraction of sp³-hybridized carbons (Fsp3) is 0.378. The number of phenolic OH excluding ortho intramolecular Hbond substituents is 5. The number of carbonyl (C=O) groups excluding carboxylic acids is 9. The van der Waals surface area contributed by atoms with E-state index in [1.54, 1.807) is 14.1 Å². The van der Waals surface area contributed by atoms with Crippen molar-refractivity contribution in [3.05, 3.63) is 164 Å². The number of hydrogen-bond donors (Lipinski definition) is 17. The molecule has 17 N–H and O–H groups in total. The Bertz CT molecular complexity index is 4960. The third-order valence-corrected chi connectivity index (χ3v) is 21.4. The third-order valence-electron chi connectivity index (χ3n) is 20.7. The first-order valence-corrected chi connectivity index (χ1v) is 38.8. The molecule has 14 rings (SSSR count). The number of unbranched alkanes of at least 4 members (excludes halogenated alkanes) is 7. The number of nitrogens with zero attached hydrogens (tertiary/aromatic N) is 1. The highest BCUT2D eigenvalue weighted by atomic mass is 35.5. The summed E-state index contributed by atoms with van der Waals surface area (Å²) < 4.78 is 37.7. The van der Waals surface area contributed by atoms with Crippen molar-refractivity contribution in [1.82, 2.24) is 52.8 Å². The SMILES string of the molecule is CCCCCCCCCCC(=O)N[C@H]1[C@H](Oc2c3cc4cc2Oc2ccc(cc2Cl)[C@@H](O)[C@@H]2NC(=O)[C@H](NC(=O)[C@@H]4NC(=O)[C@H]4NC(=O)[C@@H](Cc5ccc(cc5)O3)NC(=O)[C@H](NC)c3ccc(O)c(c3)Oc3cc(O)c(Cl)c4c3)c3ccc(O)c(c3)-c3c(O)cc(O)cc3[C@H](C(=O)NCCCN(C)C)NC2=O)O[C@H](C(=O)OC)[C@@H](O)[C@@H]1O. The number of nitrogens with one attached hydrogen (secondary N) is 9. The van der Waals surface area contributed by atoms with Gasteiger partial charge >= 0.3 is 5.97 Å². The van der Waals surface area contributed by atoms with Crippen molar-refractivity contribution in [2.45, 2.75) is 157 Å². The van der Waals surface area contributed by atoms with E-state index in [-0.39, 0.29) is 70.2 Å². The molecule has 8 amide bonds. The lowest BCUT2D eigenvalue weighted by atomic mass is 9.89. The minimum Gasteiger partial charge on any atom is -0.508 e. The Morgan fingerprint density at radius 1 is 0.573 bits per heavy atom. The molecule has 13 atom stereocenters. The highest BCUT2D eigenvalue weighted by Gasteiger charge is 2.51. The number of aromatic hydroxyl groups is 5. The van der Waals surface area contributed by atoms with Gasteiger partial charge in [0.2, 0.25) is 59.3 Å². The van der Waals surface area contributed by atoms with Gasteiger partial charge in [0.15, 0.2) is 29.1 Å². The van der Waals surface area contributed by atoms with Crippen molar-refractivity contribution in [3.63, 3.8) is 0 Å². The lowest BCUT2D eigenvalue weighted by Gasteiger charge is -2.41. The Labute approximate surface area is 680 Å². The van der Waals surface area contributed by atoms with Crippen LogP contribution in [0.4, 0.5) is 0 Å². The maximum Gasteiger partial charge on any atom is 0.337 e. The van der Waals surface area contributed by atoms with E-state index in [9.17, 15) is 60.0 Å². The van der Waals surface area contributed by atoms with E-state index in [0.717, 1.165) is 106 Å². The van der Waals surface area contributed by atoms with Gasteiger partial charge in [-0.1, -0.05) is 105 Å². The average Bonchev–Trinajstić information content (AvgIpc) is 0.769. The molecule has 0 radical (unpaired) electrons. The summed E-state index contributed by atoms with van der Waals surface area (Å²) in [6.07, 6.45) is -3.53. The monoisotopic (exact) mass is 1650 g/mol. The van der Waals surface area contributed by atoms with Crippen LogP contribution < -0.4 is 66.8 Å². The Balaban J connectivity index is 1.09. The minimum absolute atomic E-state index is 0.00570. The van der Waals surface area contributed by atoms with Crippen molar-refractivity contribution < 1.29 is 112 Å². The van der Waals surface area contributed by atoms with Crippen LogP contribution in [0.2, 0.25) is 10.0 Å². The van der Waals surface area contributed by atoms with Gasteiger partial charge in [0.25, 0.3) is 0 Å². The van der Waals surface area contributed by atoms with Crippen molar-refractivity contribution in [2.24, 2.45) is 0 Å². The van der Waals surface area contributed by atoms with Gasteiger partial charge in [0.1, 0.15) is 107 Å². The van der Waals surface area contributed by atoms with Crippen LogP contribution in [0.15, 0.2) is 115 Å². The van der Waals surface area contributed by atoms with Crippen molar-refractivity contribution in [2.75, 3.05) is 41.3 Å². The molecule has 7 aliphatic rings. The molecule has 7 aromatic carbocycles. The third kappa shape index (κ3) is 19.2. The standard InChI is InChI=1S/C82H90Cl2N10O23/c1-6-7-8-9-10-11-12-13-15-59(100)88-68-70(102)71(103)73(81(111)112-5)117-82(68)116-72-57-32-42-33-58(72)115-55-25-20-41(30-49(55)83)69(101)67-80(110)92-65(75(105)86-26-14-27-94(3)4)47-34-43(95)35-53(98)60(47)46-29-39(18-23-51(46)96)63(77(107)93-67)89-78(108)64(42)90-79(109)66-48-36-45(37-54(99)61(48)84)114-56-31-40(19-24-52(56)97)62(85-2)76(106)87-50(74(104)91-66)28-38-16-21-44(113-57)22-17-38/h16-25,29-37,50,62-71,73,82,85,95-99,101-103H,6-15,26-28H2,1-5H3,(H,86,105)(H,87,106)(H,88,100)(H,89,108)(H,90,109)(H,91,104)(H,92,110)(H,93,107)/t50-,62-,63-,64-,65-,66+,67+,68-,69-,70-,71+,73+,82-/m1/s1. The number of ether oxygens (including phenoxy) is 6. The highest BCUT2D eigenvalue weighted by molar-refractivity contribution is 6.33. The second kappa shape index (κ2) is 37.1. The summed E-state index contributed by atoms with van der Waals surface area (Å²) in [6, 6.07) is 7.29. The molecule has 7 aromatic rings. The second-order valence-corrected chi connectivity index (χ2v) is 30.0. The Morgan fingerprint density at radius 3 is 1.91 bits per heavy atom. The average molecular weight is 1650 g/mol. The van der Waals surface area contributed by atoms with Crippen molar-refractivity contribution >= 4 is 76.4 Å². The normalized spacial score (nSPS) is 23.1. The summed E-state index contributed by atoms with van der Waals surface area (Å²) >= 11 is 14.2. The molecule has 0 aliphatic carbocycles. The van der Waals surface area contributed by atoms with Gasteiger partial charge in [-0.2, -0.15) is 0 Å². The van der Waals surface area contributed by atoms with Gasteiger partial charge in [-0.15, -0.1) is 0 Å². The van der Waals surface area contributed by atoms with E-state index in [1.807, 2.05) is 4.90 Å². The highest BCUT2D eigenvalue weighted by Crippen LogP contribution is 2.50. The number of esters is 1. The smallest absolute Gasteiger partial charge is 0.337 e. The molecule has 117 heavy (non-hydrogen) atoms. The number of fused-ring (bicyclic) bond motifs is 14. The van der Waals surface area contributed by atoms with E-state index < -0.39 is 205 Å². The summed E-state index contributed by atoms with van der Waals surface area (Å²) in [7, 11) is 6.03. The molecule has 0 spiro atoms. The first kappa shape index (κ1) is 84.7. The number of benzene rings is 7. The molecular weight excluding hydrogens is 1560 g/mol. The fourth-order valence-corrected chi connectivity index (χ4v) is 15.0. The van der Waals surface area contributed by atoms with Gasteiger partial charge < -0.3 is 122 Å². The van der Waals surface area contributed by atoms with Gasteiger partial charge in [-0.25, -0.2) is 4.79 Å². The summed E-state index contributed by atoms with van der Waals surface area (Å²) in [5, 5.41) is 118. The Morgan fingerprint density at radius 2 is 1.21 bits per heavy atom. The quantitative estimate of drug-likeness (QED) is 0.0302. The summed E-state index contributed by atoms with van der Waals surface area (Å²) in [5.41, 5.74) is -1.96. The maximum atomic E-state index is 16.6. The van der Waals surface area contributed by atoms with Crippen LogP contribution >= 0.6 is 23.2 Å². The topological polar surface area (TPSA) is 482 Å². The minimum atomic E-state index is -2.35. The number of halogens is 2. The number of methoxy groups -OCH3 is 1. The Hall–Kier alpha value is -11.7. The predicted molar refractivity (Wildman–Crippen MR) is 419 cm³/mol. The molecule has 0 aromatic heterocycles. The number of likely N-dealkylation sites (N-methyl/N-ethyl adjacent to an activating group) is 1. The summed E-state index contributed by atoms with van der Waals surface area (Å²) in [4.78, 5) is 139. The predicted octanol–water partition coefficient (Wildman–Crippen LogP) is 6.54. The van der Waals surface area contributed by atoms with E-state index in [1.165, 1.54) is 61.6 Å². The Kier molecular flexibility index (Phi) is 26.8. The number of aliphatic hydroxyl groups is 3. The van der Waals surface area contributed by atoms with Crippen LogP contribution in [0.1, 0.15) is 146 Å². The molecule has 0 unspecified atom stereocenters. The number of amides is 8. The molecule has 7 aliphatic heterocycles. The summed E-state index contributed by atoms with van der Waals surface area (Å²) in [5.74, 6) is -16.2. The number of carbonyl (C=O) groups is 9. The zero-order chi connectivity index (χ0) is 83.8. The van der Waals surface area contributed by atoms with Gasteiger partial charge in [0.05, 0.1) is 17.2 Å². The van der Waals surface area contributed by atoms with Crippen LogP contribution in [0, 0.1) is 0 Å². The molecule has 1 fully saturated rings. The first-order chi connectivity index (χ1) is 56.0. The van der Waals surface area contributed by atoms with Crippen LogP contribution in [0.25, 0.3) is 11.1 Å². The van der Waals surface area contributed by atoms with Crippen LogP contribution in [0.3, 0.4) is 0 Å². The zero-order valence-corrected chi connectivity index (χ0v) is 65.6. The molecule has 33 nitrogen and oxygen atoms in total. The van der Waals surface area contributed by atoms with Crippen molar-refractivity contribution in [3.8, 4) is 80.1 Å². The van der Waals surface area contributed by atoms with Crippen molar-refractivity contribution in [1.29, 1.82) is 0 Å². The molecule has 17 bridgehead atoms. The molecule has 1 saturated heterocycles. The summed E-state index contributed by atoms with van der Waals surface area (Å²) in [6.45, 7) is 2.60. The largest absolute Gasteiger partial charge is 0.508 e. The van der Waals surface area contributed by atoms with Crippen LogP contribution in [-0.2, 0) is 59.0 Å². The molecular formula is C82H90Cl2N10O23. The lowest BCUT2D eigenvalue weighted by Crippen LogP contribution is -2.66. The van der Waals surface area contributed by atoms with Crippen LogP contribution in [-0.4, -0.2) is 183 Å². The first-order valence-electron chi connectivity index (χ1n) is 38.0. The molecule has 7 heterocycles. The van der Waals surface area contributed by atoms with E-state index >= 15 is 24.0 Å². The zero-order valence-electron chi connectivity index (χ0n) is 64.1. The maximum absolute atomic E-state index is 16.6. The molecule has 35 heteroatoms.